The van der Waals surface area contributed by atoms with Crippen molar-refractivity contribution in [3.63, 3.8) is 0 Å². The minimum atomic E-state index is -2.87. The lowest BCUT2D eigenvalue weighted by Gasteiger charge is -2.22. The summed E-state index contributed by atoms with van der Waals surface area (Å²) in [7, 11) is -2.87. The van der Waals surface area contributed by atoms with Crippen molar-refractivity contribution in [1.29, 1.82) is 0 Å². The highest BCUT2D eigenvalue weighted by Gasteiger charge is 2.09. The van der Waals surface area contributed by atoms with Crippen LogP contribution in [0, 0.1) is 0 Å². The van der Waals surface area contributed by atoms with Crippen LogP contribution < -0.4 is 5.73 Å². The largest absolute Gasteiger partial charge is 0.398 e. The first-order chi connectivity index (χ1) is 8.92. The van der Waals surface area contributed by atoms with Gasteiger partial charge in [-0.2, -0.15) is 0 Å². The number of nitrogen functional groups attached to an aromatic ring is 1. The van der Waals surface area contributed by atoms with E-state index in [0.717, 1.165) is 37.3 Å². The average Bonchev–Trinajstić information content (AvgIpc) is 2.30. The molecule has 0 aliphatic rings. The Bertz CT molecular complexity index is 486. The number of sulfone groups is 1. The predicted octanol–water partition coefficient (Wildman–Crippen LogP) is 1.92. The topological polar surface area (TPSA) is 63.4 Å². The molecule has 19 heavy (non-hydrogen) atoms. The number of hydrogen-bond acceptors (Lipinski definition) is 4. The molecule has 108 valence electrons. The lowest BCUT2D eigenvalue weighted by molar-refractivity contribution is 0.267. The van der Waals surface area contributed by atoms with Gasteiger partial charge in [0.15, 0.2) is 0 Å². The smallest absolute Gasteiger partial charge is 0.147 e. The molecule has 0 saturated carbocycles. The van der Waals surface area contributed by atoms with Crippen LogP contribution in [-0.2, 0) is 16.4 Å². The van der Waals surface area contributed by atoms with Gasteiger partial charge in [-0.15, -0.1) is 0 Å². The summed E-state index contributed by atoms with van der Waals surface area (Å²) < 4.78 is 22.3. The Labute approximate surface area is 116 Å². The van der Waals surface area contributed by atoms with E-state index in [1.807, 2.05) is 24.3 Å². The van der Waals surface area contributed by atoms with Crippen molar-refractivity contribution in [2.75, 3.05) is 30.8 Å². The molecule has 0 spiro atoms. The number of nitrogens with two attached hydrogens (primary N) is 1. The second-order valence-corrected chi connectivity index (χ2v) is 7.22. The van der Waals surface area contributed by atoms with E-state index in [1.165, 1.54) is 6.26 Å². The summed E-state index contributed by atoms with van der Waals surface area (Å²) in [4.78, 5) is 2.26. The fourth-order valence-corrected chi connectivity index (χ4v) is 2.71. The van der Waals surface area contributed by atoms with Gasteiger partial charge >= 0.3 is 0 Å². The van der Waals surface area contributed by atoms with Crippen LogP contribution in [0.15, 0.2) is 24.3 Å². The Kier molecular flexibility index (Phi) is 6.31. The molecule has 0 aromatic heterocycles. The molecule has 2 N–H and O–H groups in total. The van der Waals surface area contributed by atoms with Gasteiger partial charge in [0.2, 0.25) is 0 Å². The van der Waals surface area contributed by atoms with Crippen molar-refractivity contribution in [2.45, 2.75) is 26.3 Å². The van der Waals surface area contributed by atoms with E-state index >= 15 is 0 Å². The normalized spacial score (nSPS) is 11.9. The molecule has 0 aliphatic heterocycles. The average molecular weight is 284 g/mol. The van der Waals surface area contributed by atoms with Crippen molar-refractivity contribution >= 4 is 15.5 Å². The molecule has 0 radical (unpaired) electrons. The molecule has 5 heteroatoms. The molecular formula is C14H24N2O2S. The van der Waals surface area contributed by atoms with Gasteiger partial charge in [-0.3, -0.25) is 4.90 Å². The maximum Gasteiger partial charge on any atom is 0.147 e. The minimum Gasteiger partial charge on any atom is -0.398 e. The Morgan fingerprint density at radius 3 is 2.47 bits per heavy atom. The van der Waals surface area contributed by atoms with Gasteiger partial charge in [-0.25, -0.2) is 8.42 Å². The van der Waals surface area contributed by atoms with E-state index < -0.39 is 9.84 Å². The number of anilines is 1. The molecule has 1 aromatic rings. The van der Waals surface area contributed by atoms with E-state index in [4.69, 9.17) is 5.73 Å². The first-order valence-corrected chi connectivity index (χ1v) is 8.72. The maximum atomic E-state index is 11.1. The standard InChI is InChI=1S/C14H24N2O2S/c1-3-9-16(10-6-11-19(2,17)18)12-13-7-4-5-8-14(13)15/h4-5,7-8H,3,6,9-12,15H2,1-2H3. The SMILES string of the molecule is CCCN(CCCS(C)(=O)=O)Cc1ccccc1N. The van der Waals surface area contributed by atoms with Crippen LogP contribution in [-0.4, -0.2) is 38.4 Å². The van der Waals surface area contributed by atoms with Gasteiger partial charge in [0.05, 0.1) is 5.75 Å². The molecule has 1 aromatic carbocycles. The van der Waals surface area contributed by atoms with Crippen LogP contribution in [0.5, 0.6) is 0 Å². The quantitative estimate of drug-likeness (QED) is 0.741. The molecule has 0 bridgehead atoms. The summed E-state index contributed by atoms with van der Waals surface area (Å²) in [5.74, 6) is 0.248. The molecule has 0 saturated heterocycles. The Morgan fingerprint density at radius 1 is 1.21 bits per heavy atom. The molecule has 0 atom stereocenters. The van der Waals surface area contributed by atoms with E-state index in [1.54, 1.807) is 0 Å². The zero-order valence-corrected chi connectivity index (χ0v) is 12.6. The molecule has 1 rings (SSSR count). The third-order valence-corrected chi connectivity index (χ3v) is 4.01. The maximum absolute atomic E-state index is 11.1. The number of rotatable bonds is 8. The number of benzene rings is 1. The van der Waals surface area contributed by atoms with Gasteiger partial charge in [0.1, 0.15) is 9.84 Å². The highest BCUT2D eigenvalue weighted by Crippen LogP contribution is 2.14. The van der Waals surface area contributed by atoms with Gasteiger partial charge in [-0.05, 0) is 37.6 Å². The first-order valence-electron chi connectivity index (χ1n) is 6.66. The van der Waals surface area contributed by atoms with Gasteiger partial charge in [0.25, 0.3) is 0 Å². The third-order valence-electron chi connectivity index (χ3n) is 2.98. The summed E-state index contributed by atoms with van der Waals surface area (Å²) in [5.41, 5.74) is 7.85. The van der Waals surface area contributed by atoms with Crippen LogP contribution in [0.4, 0.5) is 5.69 Å². The van der Waals surface area contributed by atoms with E-state index in [-0.39, 0.29) is 5.75 Å². The molecule has 0 unspecified atom stereocenters. The van der Waals surface area contributed by atoms with Crippen LogP contribution in [0.2, 0.25) is 0 Å². The zero-order chi connectivity index (χ0) is 14.3. The van der Waals surface area contributed by atoms with Crippen LogP contribution >= 0.6 is 0 Å². The lowest BCUT2D eigenvalue weighted by atomic mass is 10.1. The summed E-state index contributed by atoms with van der Waals surface area (Å²) in [6.45, 7) is 4.65. The monoisotopic (exact) mass is 284 g/mol. The Morgan fingerprint density at radius 2 is 1.89 bits per heavy atom. The summed E-state index contributed by atoms with van der Waals surface area (Å²) >= 11 is 0. The van der Waals surface area contributed by atoms with Crippen molar-refractivity contribution in [3.05, 3.63) is 29.8 Å². The van der Waals surface area contributed by atoms with Crippen molar-refractivity contribution in [2.24, 2.45) is 0 Å². The fourth-order valence-electron chi connectivity index (χ4n) is 2.06. The summed E-state index contributed by atoms with van der Waals surface area (Å²) in [6.07, 6.45) is 3.00. The van der Waals surface area contributed by atoms with Gasteiger partial charge < -0.3 is 5.73 Å². The first kappa shape index (κ1) is 16.0. The van der Waals surface area contributed by atoms with Crippen LogP contribution in [0.1, 0.15) is 25.3 Å². The second-order valence-electron chi connectivity index (χ2n) is 4.96. The highest BCUT2D eigenvalue weighted by atomic mass is 32.2. The van der Waals surface area contributed by atoms with Gasteiger partial charge in [0, 0.05) is 18.5 Å². The number of hydrogen-bond donors (Lipinski definition) is 1. The second kappa shape index (κ2) is 7.50. The van der Waals surface area contributed by atoms with Crippen LogP contribution in [0.3, 0.4) is 0 Å². The summed E-state index contributed by atoms with van der Waals surface area (Å²) in [5, 5.41) is 0. The Hall–Kier alpha value is -1.07. The summed E-state index contributed by atoms with van der Waals surface area (Å²) in [6, 6.07) is 7.82. The van der Waals surface area contributed by atoms with E-state index in [2.05, 4.69) is 11.8 Å². The van der Waals surface area contributed by atoms with E-state index in [9.17, 15) is 8.42 Å². The molecule has 4 nitrogen and oxygen atoms in total. The van der Waals surface area contributed by atoms with E-state index in [0.29, 0.717) is 6.42 Å². The lowest BCUT2D eigenvalue weighted by Crippen LogP contribution is -2.27. The molecule has 0 amide bonds. The Balaban J connectivity index is 2.55. The zero-order valence-electron chi connectivity index (χ0n) is 11.8. The van der Waals surface area contributed by atoms with Gasteiger partial charge in [-0.1, -0.05) is 25.1 Å². The molecule has 0 aliphatic carbocycles. The number of para-hydroxylation sites is 1. The molecular weight excluding hydrogens is 260 g/mol. The fraction of sp³-hybridized carbons (Fsp3) is 0.571. The molecule has 0 fully saturated rings. The predicted molar refractivity (Wildman–Crippen MR) is 80.8 cm³/mol. The number of nitrogens with zero attached hydrogens (tertiary/aromatic N) is 1. The van der Waals surface area contributed by atoms with Crippen molar-refractivity contribution in [1.82, 2.24) is 4.90 Å². The molecule has 0 heterocycles. The third kappa shape index (κ3) is 6.59. The highest BCUT2D eigenvalue weighted by molar-refractivity contribution is 7.90. The van der Waals surface area contributed by atoms with Crippen LogP contribution in [0.25, 0.3) is 0 Å². The van der Waals surface area contributed by atoms with Crippen molar-refractivity contribution < 1.29 is 8.42 Å². The van der Waals surface area contributed by atoms with Crippen molar-refractivity contribution in [3.8, 4) is 0 Å². The minimum absolute atomic E-state index is 0.248.